The number of carbonyl (C=O) groups excluding carboxylic acids is 1. The molecule has 14 nitrogen and oxygen atoms in total. The summed E-state index contributed by atoms with van der Waals surface area (Å²) in [4.78, 5) is 24.2. The van der Waals surface area contributed by atoms with Crippen molar-refractivity contribution in [2.45, 2.75) is 50.1 Å². The van der Waals surface area contributed by atoms with Crippen molar-refractivity contribution in [2.75, 3.05) is 52.6 Å². The summed E-state index contributed by atoms with van der Waals surface area (Å²) >= 11 is 14.9. The number of hydrogen-bond donors (Lipinski definition) is 6. The van der Waals surface area contributed by atoms with Gasteiger partial charge in [-0.15, -0.1) is 0 Å². The minimum atomic E-state index is -3.39. The van der Waals surface area contributed by atoms with Crippen molar-refractivity contribution in [1.29, 1.82) is 0 Å². The van der Waals surface area contributed by atoms with E-state index in [9.17, 15) is 21.6 Å². The number of nitrogens with zero attached hydrogens (tertiary/aromatic N) is 3. The molecule has 0 fully saturated rings. The van der Waals surface area contributed by atoms with Crippen molar-refractivity contribution >= 4 is 93.6 Å². The highest BCUT2D eigenvalue weighted by Gasteiger charge is 2.23. The number of thiazole rings is 2. The lowest BCUT2D eigenvalue weighted by atomic mass is 9.88. The fourth-order valence-electron chi connectivity index (χ4n) is 11.3. The number of rotatable bonds is 25. The van der Waals surface area contributed by atoms with Crippen LogP contribution in [0.25, 0.3) is 22.5 Å². The molecule has 12 rings (SSSR count). The van der Waals surface area contributed by atoms with Gasteiger partial charge in [0.25, 0.3) is 0 Å². The lowest BCUT2D eigenvalue weighted by Crippen LogP contribution is -2.36. The van der Waals surface area contributed by atoms with Crippen LogP contribution in [0.4, 0.5) is 26.4 Å². The maximum absolute atomic E-state index is 13.7. The van der Waals surface area contributed by atoms with Gasteiger partial charge in [0.2, 0.25) is 20.0 Å². The summed E-state index contributed by atoms with van der Waals surface area (Å²) in [6.45, 7) is 3.59. The molecule has 0 saturated heterocycles. The van der Waals surface area contributed by atoms with Gasteiger partial charge in [0.15, 0.2) is 10.3 Å². The van der Waals surface area contributed by atoms with Crippen molar-refractivity contribution < 1.29 is 21.6 Å². The fourth-order valence-corrected chi connectivity index (χ4v) is 14.5. The molecule has 0 unspecified atom stereocenters. The van der Waals surface area contributed by atoms with E-state index in [2.05, 4.69) is 194 Å². The zero-order chi connectivity index (χ0) is 70.5. The molecule has 0 aliphatic heterocycles. The molecule has 100 heavy (non-hydrogen) atoms. The monoisotopic (exact) mass is 1450 g/mol. The number of aromatic nitrogens is 2. The highest BCUT2D eigenvalue weighted by molar-refractivity contribution is 7.92. The molecule has 2 heterocycles. The van der Waals surface area contributed by atoms with Gasteiger partial charge in [-0.3, -0.25) is 14.8 Å². The molecule has 12 aromatic rings. The Kier molecular flexibility index (Phi) is 28.6. The molecule has 2 aromatic heterocycles. The SMILES string of the molecule is CS(=O)(=O)Nc1ccc(-c2nc(N)sc2Cl)cc1.CS(=O)(=O)Nc1ccc(-c2nc(NC(=O)N(CCC(c3ccccc3)c3ccccc3)Cc3ccccc3)sc2Cl)cc1.NCCC(c1ccccc1)c1ccccc1.c1ccc(CNCCC(c2ccccc2)c2ccccc2)cc1. The lowest BCUT2D eigenvalue weighted by Gasteiger charge is -2.26. The molecule has 0 radical (unpaired) electrons. The van der Waals surface area contributed by atoms with Gasteiger partial charge in [-0.2, -0.15) is 0 Å². The zero-order valence-corrected chi connectivity index (χ0v) is 60.3. The van der Waals surface area contributed by atoms with E-state index in [0.717, 1.165) is 56.0 Å². The predicted molar refractivity (Wildman–Crippen MR) is 418 cm³/mol. The molecule has 20 heteroatoms. The quantitative estimate of drug-likeness (QED) is 0.0298. The van der Waals surface area contributed by atoms with E-state index in [-0.39, 0.29) is 11.9 Å². The third-order valence-electron chi connectivity index (χ3n) is 16.0. The minimum absolute atomic E-state index is 0.120. The largest absolute Gasteiger partial charge is 0.375 e. The second-order valence-corrected chi connectivity index (χ2v) is 30.2. The van der Waals surface area contributed by atoms with Gasteiger partial charge in [0.05, 0.1) is 12.5 Å². The van der Waals surface area contributed by atoms with Crippen molar-refractivity contribution in [1.82, 2.24) is 20.2 Å². The van der Waals surface area contributed by atoms with Crippen LogP contribution in [0.3, 0.4) is 0 Å². The third kappa shape index (κ3) is 24.2. The van der Waals surface area contributed by atoms with E-state index < -0.39 is 20.0 Å². The van der Waals surface area contributed by atoms with Gasteiger partial charge >= 0.3 is 6.03 Å². The Labute approximate surface area is 606 Å². The number of amides is 2. The second kappa shape index (κ2) is 38.2. The number of carbonyl (C=O) groups is 1. The number of nitrogens with two attached hydrogens (primary N) is 2. The lowest BCUT2D eigenvalue weighted by molar-refractivity contribution is 0.207. The van der Waals surface area contributed by atoms with Crippen LogP contribution in [-0.2, 0) is 33.1 Å². The summed E-state index contributed by atoms with van der Waals surface area (Å²) in [5.41, 5.74) is 25.0. The molecule has 0 spiro atoms. The number of benzene rings is 10. The van der Waals surface area contributed by atoms with Crippen LogP contribution in [0, 0.1) is 0 Å². The maximum Gasteiger partial charge on any atom is 0.323 e. The molecule has 2 amide bonds. The third-order valence-corrected chi connectivity index (χ3v) is 19.4. The standard InChI is InChI=1S/C33H31ClN4O3S2.C22H23N.C15H17N.C10H10ClN3O2S2/c1-43(40,41)37-28-19-17-27(18-20-28)30-31(34)42-32(35-30)36-33(39)38(23-24-11-5-2-6-12-24)22-21-29(25-13-7-3-8-14-25)26-15-9-4-10-16-26;1-4-10-19(11-5-1)18-23-17-16-22(20-12-6-2-7-13-20)21-14-8-3-9-15-21;16-12-11-15(13-7-3-1-4-8-13)14-9-5-2-6-10-14;1-18(15,16)14-7-4-2-6(3-5-7)8-9(11)17-10(12)13-8/h2-20,29,37H,21-23H2,1H3,(H,35,36,39);1-15,22-23H,16-18H2;1-10,15H,11-12,16H2;2-5,14H,1H3,(H2,12,13). The number of halogens is 2. The Balaban J connectivity index is 0.000000171. The van der Waals surface area contributed by atoms with Gasteiger partial charge in [0, 0.05) is 59.9 Å². The van der Waals surface area contributed by atoms with Crippen LogP contribution in [0.2, 0.25) is 8.67 Å². The van der Waals surface area contributed by atoms with Gasteiger partial charge in [-0.05, 0) is 101 Å². The van der Waals surface area contributed by atoms with Gasteiger partial charge in [0.1, 0.15) is 20.1 Å². The Hall–Kier alpha value is -9.47. The topological polar surface area (TPSA) is 215 Å². The van der Waals surface area contributed by atoms with Crippen LogP contribution in [0.15, 0.2) is 291 Å². The number of sulfonamides is 2. The number of urea groups is 1. The van der Waals surface area contributed by atoms with Crippen molar-refractivity contribution in [3.8, 4) is 22.5 Å². The Morgan fingerprint density at radius 3 is 1.15 bits per heavy atom. The van der Waals surface area contributed by atoms with Crippen LogP contribution in [0.1, 0.15) is 81.5 Å². The molecular formula is C80H81Cl2N9O5S4. The first-order valence-corrected chi connectivity index (χ1v) is 38.7. The van der Waals surface area contributed by atoms with Crippen molar-refractivity contribution in [3.63, 3.8) is 0 Å². The van der Waals surface area contributed by atoms with Gasteiger partial charge < -0.3 is 21.7 Å². The summed E-state index contributed by atoms with van der Waals surface area (Å²) in [5.74, 6) is 0.989. The average Bonchev–Trinajstić information content (AvgIpc) is 1.57. The Morgan fingerprint density at radius 1 is 0.450 bits per heavy atom. The van der Waals surface area contributed by atoms with Crippen molar-refractivity contribution in [2.24, 2.45) is 5.73 Å². The van der Waals surface area contributed by atoms with Crippen molar-refractivity contribution in [3.05, 3.63) is 344 Å². The highest BCUT2D eigenvalue weighted by atomic mass is 35.5. The van der Waals surface area contributed by atoms with E-state index in [0.29, 0.717) is 78.7 Å². The first-order chi connectivity index (χ1) is 48.4. The molecule has 0 aliphatic carbocycles. The zero-order valence-electron chi connectivity index (χ0n) is 55.5. The van der Waals surface area contributed by atoms with Crippen LogP contribution < -0.4 is 31.5 Å². The van der Waals surface area contributed by atoms with Gasteiger partial charge in [-0.25, -0.2) is 31.6 Å². The Bertz CT molecular complexity index is 4500. The highest BCUT2D eigenvalue weighted by Crippen LogP contribution is 2.38. The van der Waals surface area contributed by atoms with Crippen LogP contribution in [0.5, 0.6) is 0 Å². The van der Waals surface area contributed by atoms with E-state index in [1.807, 2.05) is 78.9 Å². The summed E-state index contributed by atoms with van der Waals surface area (Å²) in [6.07, 6.45) is 5.01. The molecule has 0 saturated carbocycles. The number of nitrogen functional groups attached to an aromatic ring is 1. The van der Waals surface area contributed by atoms with Crippen LogP contribution in [-0.4, -0.2) is 69.9 Å². The Morgan fingerprint density at radius 2 is 0.790 bits per heavy atom. The molecule has 8 N–H and O–H groups in total. The summed E-state index contributed by atoms with van der Waals surface area (Å²) in [5, 5.41) is 7.30. The van der Waals surface area contributed by atoms with E-state index in [1.165, 1.54) is 61.6 Å². The normalized spacial score (nSPS) is 11.1. The molecular weight excluding hydrogens is 1370 g/mol. The minimum Gasteiger partial charge on any atom is -0.375 e. The molecule has 0 atom stereocenters. The smallest absolute Gasteiger partial charge is 0.323 e. The summed E-state index contributed by atoms with van der Waals surface area (Å²) in [7, 11) is -6.66. The molecule has 0 aliphatic rings. The van der Waals surface area contributed by atoms with E-state index >= 15 is 0 Å². The second-order valence-electron chi connectivity index (χ2n) is 23.5. The number of nitrogens with one attached hydrogen (secondary N) is 4. The maximum atomic E-state index is 13.7. The van der Waals surface area contributed by atoms with Crippen LogP contribution >= 0.6 is 45.9 Å². The van der Waals surface area contributed by atoms with E-state index in [4.69, 9.17) is 34.7 Å². The summed E-state index contributed by atoms with van der Waals surface area (Å²) in [6, 6.07) is 97.1. The molecule has 0 bridgehead atoms. The molecule has 514 valence electrons. The summed E-state index contributed by atoms with van der Waals surface area (Å²) < 4.78 is 50.9. The first-order valence-electron chi connectivity index (χ1n) is 32.5. The fraction of sp³-hybridized carbons (Fsp3) is 0.163. The number of hydrogen-bond acceptors (Lipinski definition) is 12. The first kappa shape index (κ1) is 74.7. The van der Waals surface area contributed by atoms with Gasteiger partial charge in [-0.1, -0.05) is 313 Å². The predicted octanol–water partition coefficient (Wildman–Crippen LogP) is 18.7. The number of anilines is 4. The van der Waals surface area contributed by atoms with E-state index in [1.54, 1.807) is 53.4 Å². The average molecular weight is 1450 g/mol. The molecule has 10 aromatic carbocycles.